The van der Waals surface area contributed by atoms with Crippen LogP contribution in [0.15, 0.2) is 12.1 Å². The van der Waals surface area contributed by atoms with E-state index in [9.17, 15) is 0 Å². The molecule has 2 heteroatoms. The van der Waals surface area contributed by atoms with Crippen LogP contribution >= 0.6 is 0 Å². The van der Waals surface area contributed by atoms with Crippen molar-refractivity contribution < 1.29 is 25.1 Å². The third-order valence-electron chi connectivity index (χ3n) is 1.67. The van der Waals surface area contributed by atoms with Crippen molar-refractivity contribution in [2.24, 2.45) is 0 Å². The molecule has 1 N–H and O–H groups in total. The minimum absolute atomic E-state index is 0.747. The highest BCUT2D eigenvalue weighted by atomic mass is 127. The van der Waals surface area contributed by atoms with Crippen LogP contribution < -0.4 is 21.6 Å². The molecule has 0 unspecified atom stereocenters. The van der Waals surface area contributed by atoms with E-state index in [4.69, 9.17) is 3.44 Å². The average Bonchev–Trinajstić information content (AvgIpc) is 1.85. The molecule has 1 rings (SSSR count). The van der Waals surface area contributed by atoms with Crippen molar-refractivity contribution in [3.05, 3.63) is 32.4 Å². The van der Waals surface area contributed by atoms with E-state index in [0.717, 1.165) is 0 Å². The predicted octanol–water partition coefficient (Wildman–Crippen LogP) is -1.22. The lowest BCUT2D eigenvalue weighted by Crippen LogP contribution is -3.61. The lowest BCUT2D eigenvalue weighted by molar-refractivity contribution is -0.867. The Hall–Kier alpha value is -0.0900. The molecule has 11 heavy (non-hydrogen) atoms. The van der Waals surface area contributed by atoms with E-state index < -0.39 is 21.6 Å². The van der Waals surface area contributed by atoms with Gasteiger partial charge in [0.25, 0.3) is 0 Å². The van der Waals surface area contributed by atoms with Crippen LogP contribution in [0.1, 0.15) is 16.7 Å². The lowest BCUT2D eigenvalue weighted by atomic mass is 10.1. The van der Waals surface area contributed by atoms with Crippen LogP contribution in [0, 0.1) is 24.3 Å². The summed E-state index contributed by atoms with van der Waals surface area (Å²) in [7, 11) is 0. The molecular weight excluding hydrogens is 251 g/mol. The van der Waals surface area contributed by atoms with Crippen molar-refractivity contribution in [2.75, 3.05) is 0 Å². The molecule has 0 aliphatic rings. The summed E-state index contributed by atoms with van der Waals surface area (Å²) in [5, 5.41) is 0. The fraction of sp³-hybridized carbons (Fsp3) is 0.333. The van der Waals surface area contributed by atoms with Crippen molar-refractivity contribution in [1.29, 1.82) is 0 Å². The van der Waals surface area contributed by atoms with E-state index in [1.165, 1.54) is 20.3 Å². The maximum Gasteiger partial charge on any atom is 0.519 e. The molecule has 0 atom stereocenters. The number of aryl methyl sites for hydroxylation is 3. The molecule has 1 aromatic rings. The molecule has 1 aromatic carbocycles. The molecule has 0 amide bonds. The van der Waals surface area contributed by atoms with Gasteiger partial charge >= 0.3 is 21.6 Å². The zero-order valence-corrected chi connectivity index (χ0v) is 9.14. The summed E-state index contributed by atoms with van der Waals surface area (Å²) in [5.74, 6) is 0. The fourth-order valence-corrected chi connectivity index (χ4v) is 2.37. The Bertz CT molecular complexity index is 245. The van der Waals surface area contributed by atoms with Crippen LogP contribution in [0.25, 0.3) is 0 Å². The van der Waals surface area contributed by atoms with Crippen molar-refractivity contribution in [3.8, 4) is 0 Å². The molecule has 0 aliphatic carbocycles. The highest BCUT2D eigenvalue weighted by Crippen LogP contribution is 2.07. The normalized spacial score (nSPS) is 10.2. The third kappa shape index (κ3) is 1.93. The van der Waals surface area contributed by atoms with Gasteiger partial charge in [-0.2, -0.15) is 3.44 Å². The van der Waals surface area contributed by atoms with Gasteiger partial charge in [0.1, 0.15) is 0 Å². The fourth-order valence-electron chi connectivity index (χ4n) is 1.30. The van der Waals surface area contributed by atoms with Gasteiger partial charge in [0.05, 0.1) is 0 Å². The maximum absolute atomic E-state index is 9.10. The second-order valence-electron chi connectivity index (χ2n) is 2.80. The lowest BCUT2D eigenvalue weighted by Gasteiger charge is -1.98. The number of hydrogen-bond acceptors (Lipinski definition) is 1. The van der Waals surface area contributed by atoms with Crippen LogP contribution in [-0.4, -0.2) is 3.44 Å². The van der Waals surface area contributed by atoms with E-state index in [2.05, 4.69) is 32.9 Å². The first-order chi connectivity index (χ1) is 5.15. The quantitative estimate of drug-likeness (QED) is 0.630. The van der Waals surface area contributed by atoms with Crippen LogP contribution in [0.4, 0.5) is 0 Å². The minimum Gasteiger partial charge on any atom is -0.156 e. The standard InChI is InChI=1S/C9H12IO/c1-6-4-7(2)9(10-11)8(3)5-6/h4-5,11H,1-3H3/q+1. The van der Waals surface area contributed by atoms with Gasteiger partial charge in [-0.1, -0.05) is 17.7 Å². The molecule has 1 nitrogen and oxygen atoms in total. The molecule has 0 bridgehead atoms. The highest BCUT2D eigenvalue weighted by Gasteiger charge is 2.16. The van der Waals surface area contributed by atoms with Gasteiger partial charge in [-0.25, -0.2) is 0 Å². The molecular formula is C9H12IO+. The van der Waals surface area contributed by atoms with Crippen molar-refractivity contribution in [2.45, 2.75) is 20.8 Å². The number of rotatable bonds is 1. The number of halogens is 1. The van der Waals surface area contributed by atoms with Gasteiger partial charge in [0, 0.05) is 11.1 Å². The zero-order valence-electron chi connectivity index (χ0n) is 6.98. The molecule has 0 saturated carbocycles. The van der Waals surface area contributed by atoms with Gasteiger partial charge in [0.2, 0.25) is 3.57 Å². The third-order valence-corrected chi connectivity index (χ3v) is 3.85. The molecule has 0 saturated heterocycles. The van der Waals surface area contributed by atoms with Gasteiger partial charge < -0.3 is 0 Å². The second kappa shape index (κ2) is 3.54. The summed E-state index contributed by atoms with van der Waals surface area (Å²) in [6.45, 7) is 6.20. The molecule has 0 aromatic heterocycles. The Morgan fingerprint density at radius 2 is 1.55 bits per heavy atom. The van der Waals surface area contributed by atoms with E-state index in [-0.39, 0.29) is 0 Å². The Morgan fingerprint density at radius 3 is 1.91 bits per heavy atom. The van der Waals surface area contributed by atoms with Gasteiger partial charge in [0.15, 0.2) is 0 Å². The number of hydrogen-bond donors (Lipinski definition) is 1. The minimum atomic E-state index is -0.747. The second-order valence-corrected chi connectivity index (χ2v) is 4.36. The van der Waals surface area contributed by atoms with Crippen LogP contribution in [0.3, 0.4) is 0 Å². The first kappa shape index (κ1) is 9.00. The van der Waals surface area contributed by atoms with Crippen LogP contribution in [0.2, 0.25) is 0 Å². The zero-order chi connectivity index (χ0) is 8.43. The van der Waals surface area contributed by atoms with E-state index in [1.807, 2.05) is 0 Å². The molecule has 0 heterocycles. The Kier molecular flexibility index (Phi) is 2.90. The summed E-state index contributed by atoms with van der Waals surface area (Å²) in [6.07, 6.45) is 0. The van der Waals surface area contributed by atoms with E-state index >= 15 is 0 Å². The largest absolute Gasteiger partial charge is 0.519 e. The van der Waals surface area contributed by atoms with Crippen molar-refractivity contribution in [1.82, 2.24) is 0 Å². The monoisotopic (exact) mass is 263 g/mol. The Labute approximate surface area is 78.3 Å². The van der Waals surface area contributed by atoms with Gasteiger partial charge in [-0.3, -0.25) is 0 Å². The Morgan fingerprint density at radius 1 is 1.09 bits per heavy atom. The van der Waals surface area contributed by atoms with E-state index in [0.29, 0.717) is 0 Å². The maximum atomic E-state index is 9.10. The SMILES string of the molecule is Cc1cc(C)c([I+]O)c(C)c1. The molecule has 0 spiro atoms. The summed E-state index contributed by atoms with van der Waals surface area (Å²) < 4.78 is 10.3. The van der Waals surface area contributed by atoms with Gasteiger partial charge in [-0.15, -0.1) is 0 Å². The summed E-state index contributed by atoms with van der Waals surface area (Å²) in [6, 6.07) is 4.25. The summed E-state index contributed by atoms with van der Waals surface area (Å²) >= 11 is -0.747. The first-order valence-corrected chi connectivity index (χ1v) is 5.56. The van der Waals surface area contributed by atoms with Gasteiger partial charge in [-0.05, 0) is 20.8 Å². The molecule has 0 radical (unpaired) electrons. The Balaban J connectivity index is 3.25. The van der Waals surface area contributed by atoms with Crippen molar-refractivity contribution >= 4 is 0 Å². The van der Waals surface area contributed by atoms with Crippen LogP contribution in [-0.2, 0) is 0 Å². The average molecular weight is 263 g/mol. The smallest absolute Gasteiger partial charge is 0.156 e. The predicted molar refractivity (Wildman–Crippen MR) is 41.6 cm³/mol. The topological polar surface area (TPSA) is 20.2 Å². The van der Waals surface area contributed by atoms with Crippen LogP contribution in [0.5, 0.6) is 0 Å². The first-order valence-electron chi connectivity index (χ1n) is 3.51. The molecule has 0 fully saturated rings. The molecule has 0 aliphatic heterocycles. The molecule has 60 valence electrons. The summed E-state index contributed by atoms with van der Waals surface area (Å²) in [4.78, 5) is 0. The summed E-state index contributed by atoms with van der Waals surface area (Å²) in [5.41, 5.74) is 3.75. The number of benzene rings is 1. The van der Waals surface area contributed by atoms with E-state index in [1.54, 1.807) is 0 Å². The van der Waals surface area contributed by atoms with Crippen molar-refractivity contribution in [3.63, 3.8) is 0 Å². The highest BCUT2D eigenvalue weighted by molar-refractivity contribution is 5.26.